The molecule has 1 saturated heterocycles. The van der Waals surface area contributed by atoms with Crippen molar-refractivity contribution in [3.05, 3.63) is 154 Å². The van der Waals surface area contributed by atoms with Crippen molar-refractivity contribution in [2.24, 2.45) is 0 Å². The third-order valence-electron chi connectivity index (χ3n) is 8.00. The normalized spacial score (nSPS) is 17.6. The van der Waals surface area contributed by atoms with Gasteiger partial charge in [-0.1, -0.05) is 72.8 Å². The Morgan fingerprint density at radius 2 is 1.47 bits per heavy atom. The van der Waals surface area contributed by atoms with Crippen LogP contribution >= 0.6 is 11.8 Å². The number of hydrogen-bond donors (Lipinski definition) is 2. The Kier molecular flexibility index (Phi) is 10.7. The highest BCUT2D eigenvalue weighted by Gasteiger charge is 2.33. The van der Waals surface area contributed by atoms with Crippen LogP contribution in [0.4, 0.5) is 22.0 Å². The molecule has 0 unspecified atom stereocenters. The van der Waals surface area contributed by atoms with E-state index in [2.05, 4.69) is 10.3 Å². The van der Waals surface area contributed by atoms with Crippen LogP contribution in [-0.2, 0) is 22.6 Å². The maximum Gasteiger partial charge on any atom is 0.257 e. The van der Waals surface area contributed by atoms with Gasteiger partial charge in [0.2, 0.25) is 5.82 Å². The number of hydrogen-bond acceptors (Lipinski definition) is 6. The second-order valence-corrected chi connectivity index (χ2v) is 12.3. The highest BCUT2D eigenvalue weighted by molar-refractivity contribution is 7.99. The first-order valence-corrected chi connectivity index (χ1v) is 16.2. The summed E-state index contributed by atoms with van der Waals surface area (Å²) in [5, 5.41) is 12.6. The first kappa shape index (κ1) is 34.3. The standard InChI is InChI=1S/C37H29F5N2O4S/c38-31-30(32(39)34(41)35(42)33(31)40)36(46)44-18-22-4-3-5-26(16-22)23-11-13-25(14-12-23)37-47-27(20-49-29-6-1-2-15-43-29)17-28(48-37)24-9-7-21(19-45)8-10-24/h1-16,27-28,37,45H,17-20H2,(H,44,46)/t27-,28+,37+/m0/s1. The smallest absolute Gasteiger partial charge is 0.257 e. The number of aliphatic hydroxyl groups is 1. The Balaban J connectivity index is 1.16. The predicted molar refractivity (Wildman–Crippen MR) is 173 cm³/mol. The fourth-order valence-corrected chi connectivity index (χ4v) is 6.28. The van der Waals surface area contributed by atoms with Crippen molar-refractivity contribution in [3.63, 3.8) is 0 Å². The van der Waals surface area contributed by atoms with Gasteiger partial charge >= 0.3 is 0 Å². The van der Waals surface area contributed by atoms with Crippen LogP contribution in [-0.4, -0.2) is 27.9 Å². The van der Waals surface area contributed by atoms with Gasteiger partial charge in [0.25, 0.3) is 5.91 Å². The van der Waals surface area contributed by atoms with Gasteiger partial charge < -0.3 is 19.9 Å². The lowest BCUT2D eigenvalue weighted by molar-refractivity contribution is -0.245. The number of aromatic nitrogens is 1. The molecule has 4 aromatic carbocycles. The lowest BCUT2D eigenvalue weighted by atomic mass is 9.99. The zero-order valence-electron chi connectivity index (χ0n) is 25.7. The van der Waals surface area contributed by atoms with E-state index in [-0.39, 0.29) is 25.4 Å². The van der Waals surface area contributed by atoms with Crippen LogP contribution in [0.25, 0.3) is 11.1 Å². The van der Waals surface area contributed by atoms with Crippen LogP contribution in [0.5, 0.6) is 0 Å². The van der Waals surface area contributed by atoms with Gasteiger partial charge in [-0.25, -0.2) is 26.9 Å². The molecular weight excluding hydrogens is 663 g/mol. The molecule has 6 nitrogen and oxygen atoms in total. The van der Waals surface area contributed by atoms with E-state index in [1.54, 1.807) is 36.2 Å². The van der Waals surface area contributed by atoms with E-state index in [0.717, 1.165) is 32.8 Å². The van der Waals surface area contributed by atoms with Crippen molar-refractivity contribution in [2.45, 2.75) is 43.1 Å². The minimum atomic E-state index is -2.33. The molecule has 0 radical (unpaired) electrons. The minimum absolute atomic E-state index is 0.0524. The lowest BCUT2D eigenvalue weighted by Gasteiger charge is -2.36. The van der Waals surface area contributed by atoms with Crippen molar-refractivity contribution in [1.29, 1.82) is 0 Å². The molecule has 1 aliphatic rings. The monoisotopic (exact) mass is 692 g/mol. The molecule has 0 aliphatic carbocycles. The molecule has 2 heterocycles. The average Bonchev–Trinajstić information content (AvgIpc) is 3.15. The summed E-state index contributed by atoms with van der Waals surface area (Å²) in [6.07, 6.45) is 1.31. The molecule has 49 heavy (non-hydrogen) atoms. The van der Waals surface area contributed by atoms with E-state index in [1.165, 1.54) is 0 Å². The molecule has 3 atom stereocenters. The Morgan fingerprint density at radius 1 is 0.776 bits per heavy atom. The first-order valence-electron chi connectivity index (χ1n) is 15.2. The van der Waals surface area contributed by atoms with E-state index >= 15 is 0 Å². The summed E-state index contributed by atoms with van der Waals surface area (Å²) in [5.41, 5.74) is 3.12. The Morgan fingerprint density at radius 3 is 2.14 bits per heavy atom. The van der Waals surface area contributed by atoms with Gasteiger partial charge in [0, 0.05) is 30.5 Å². The van der Waals surface area contributed by atoms with Crippen molar-refractivity contribution in [2.75, 3.05) is 5.75 Å². The molecule has 1 fully saturated rings. The van der Waals surface area contributed by atoms with E-state index in [4.69, 9.17) is 9.47 Å². The van der Waals surface area contributed by atoms with Gasteiger partial charge in [0.1, 0.15) is 5.56 Å². The lowest BCUT2D eigenvalue weighted by Crippen LogP contribution is -2.31. The number of ether oxygens (including phenoxy) is 2. The number of benzene rings is 4. The number of carbonyl (C=O) groups is 1. The Labute approximate surface area is 282 Å². The third-order valence-corrected chi connectivity index (χ3v) is 9.08. The maximum absolute atomic E-state index is 14.1. The number of rotatable bonds is 10. The molecule has 1 aliphatic heterocycles. The van der Waals surface area contributed by atoms with Crippen molar-refractivity contribution in [1.82, 2.24) is 10.3 Å². The van der Waals surface area contributed by atoms with Crippen molar-refractivity contribution in [3.8, 4) is 11.1 Å². The topological polar surface area (TPSA) is 80.7 Å². The van der Waals surface area contributed by atoms with Crippen molar-refractivity contribution < 1.29 is 41.3 Å². The number of thioether (sulfide) groups is 1. The van der Waals surface area contributed by atoms with E-state index in [0.29, 0.717) is 17.7 Å². The second-order valence-electron chi connectivity index (χ2n) is 11.3. The average molecular weight is 693 g/mol. The number of aliphatic hydroxyl groups excluding tert-OH is 1. The van der Waals surface area contributed by atoms with Gasteiger partial charge in [0.05, 0.1) is 23.8 Å². The largest absolute Gasteiger partial charge is 0.392 e. The molecule has 5 aromatic rings. The molecule has 6 rings (SSSR count). The van der Waals surface area contributed by atoms with Crippen LogP contribution < -0.4 is 5.32 Å². The molecule has 2 N–H and O–H groups in total. The highest BCUT2D eigenvalue weighted by Crippen LogP contribution is 2.40. The summed E-state index contributed by atoms with van der Waals surface area (Å²) in [6.45, 7) is -0.282. The summed E-state index contributed by atoms with van der Waals surface area (Å²) >= 11 is 1.60. The molecular formula is C37H29F5N2O4S. The third kappa shape index (κ3) is 7.83. The molecule has 0 bridgehead atoms. The molecule has 1 amide bonds. The van der Waals surface area contributed by atoms with Crippen LogP contribution in [0.15, 0.2) is 102 Å². The Hall–Kier alpha value is -4.62. The molecule has 1 aromatic heterocycles. The molecule has 12 heteroatoms. The van der Waals surface area contributed by atoms with Crippen LogP contribution in [0.3, 0.4) is 0 Å². The fraction of sp³-hybridized carbons (Fsp3) is 0.189. The zero-order valence-corrected chi connectivity index (χ0v) is 26.5. The van der Waals surface area contributed by atoms with Crippen LogP contribution in [0.2, 0.25) is 0 Å². The summed E-state index contributed by atoms with van der Waals surface area (Å²) in [4.78, 5) is 16.8. The summed E-state index contributed by atoms with van der Waals surface area (Å²) in [5.74, 6) is -11.9. The van der Waals surface area contributed by atoms with Gasteiger partial charge in [-0.15, -0.1) is 11.8 Å². The number of nitrogens with zero attached hydrogens (tertiary/aromatic N) is 1. The molecule has 0 saturated carbocycles. The predicted octanol–water partition coefficient (Wildman–Crippen LogP) is 8.20. The van der Waals surface area contributed by atoms with E-state index in [1.807, 2.05) is 72.8 Å². The van der Waals surface area contributed by atoms with E-state index in [9.17, 15) is 31.9 Å². The Bertz CT molecular complexity index is 1900. The molecule has 0 spiro atoms. The summed E-state index contributed by atoms with van der Waals surface area (Å²) in [6, 6.07) is 27.8. The number of nitrogens with one attached hydrogen (secondary N) is 1. The number of amides is 1. The number of carbonyl (C=O) groups excluding carboxylic acids is 1. The number of pyridine rings is 1. The van der Waals surface area contributed by atoms with Gasteiger partial charge in [-0.3, -0.25) is 4.79 Å². The quantitative estimate of drug-likeness (QED) is 0.0665. The fourth-order valence-electron chi connectivity index (χ4n) is 5.40. The summed E-state index contributed by atoms with van der Waals surface area (Å²) < 4.78 is 81.6. The van der Waals surface area contributed by atoms with Crippen molar-refractivity contribution >= 4 is 17.7 Å². The van der Waals surface area contributed by atoms with E-state index < -0.39 is 46.8 Å². The van der Waals surface area contributed by atoms with Gasteiger partial charge in [-0.05, 0) is 46.0 Å². The summed E-state index contributed by atoms with van der Waals surface area (Å²) in [7, 11) is 0. The maximum atomic E-state index is 14.1. The van der Waals surface area contributed by atoms with Crippen LogP contribution in [0.1, 0.15) is 51.4 Å². The molecule has 252 valence electrons. The zero-order chi connectivity index (χ0) is 34.5. The number of halogens is 5. The van der Waals surface area contributed by atoms with Gasteiger partial charge in [0.15, 0.2) is 29.6 Å². The SMILES string of the molecule is O=C(NCc1cccc(-c2ccc([C@@H]3O[C@H](CSc4ccccn4)C[C@H](c4ccc(CO)cc4)O3)cc2)c1)c1c(F)c(F)c(F)c(F)c1F. The minimum Gasteiger partial charge on any atom is -0.392 e. The first-order chi connectivity index (χ1) is 23.7. The van der Waals surface area contributed by atoms with Crippen LogP contribution in [0, 0.1) is 29.1 Å². The van der Waals surface area contributed by atoms with Gasteiger partial charge in [-0.2, -0.15) is 0 Å². The second kappa shape index (κ2) is 15.3. The highest BCUT2D eigenvalue weighted by atomic mass is 32.2.